The van der Waals surface area contributed by atoms with Gasteiger partial charge in [-0.25, -0.2) is 9.59 Å². The number of benzene rings is 1. The Kier molecular flexibility index (Phi) is 8.21. The first kappa shape index (κ1) is 22.4. The van der Waals surface area contributed by atoms with Crippen molar-refractivity contribution < 1.29 is 23.9 Å². The summed E-state index contributed by atoms with van der Waals surface area (Å²) in [6.45, 7) is 6.13. The number of hydrogen-bond acceptors (Lipinski definition) is 5. The van der Waals surface area contributed by atoms with Crippen molar-refractivity contribution in [3.63, 3.8) is 0 Å². The molecule has 8 nitrogen and oxygen atoms in total. The van der Waals surface area contributed by atoms with E-state index in [0.29, 0.717) is 29.1 Å². The number of carbonyl (C=O) groups is 3. The molecule has 0 saturated carbocycles. The third kappa shape index (κ3) is 5.80. The number of amides is 3. The summed E-state index contributed by atoms with van der Waals surface area (Å²) in [4.78, 5) is 38.6. The monoisotopic (exact) mass is 403 g/mol. The first-order valence-corrected chi connectivity index (χ1v) is 9.71. The molecule has 158 valence electrons. The number of nitrogens with one attached hydrogen (secondary N) is 2. The van der Waals surface area contributed by atoms with E-state index in [2.05, 4.69) is 10.6 Å². The molecule has 29 heavy (non-hydrogen) atoms. The number of carbonyl (C=O) groups excluding carboxylic acids is 3. The number of urea groups is 1. The standard InChI is InChI=1S/C21H29N3O5/c1-5-6-10-24-14(2)18(20(26)29-12-11-28-4)19(23-21(24)27)16-8-7-9-17(13-16)22-15(3)25/h7-9,13,19H,5-6,10-12H2,1-4H3,(H,22,25)(H,23,27). The smallest absolute Gasteiger partial charge is 0.338 e. The molecule has 1 aliphatic heterocycles. The van der Waals surface area contributed by atoms with Crippen LogP contribution >= 0.6 is 0 Å². The molecule has 2 N–H and O–H groups in total. The molecule has 0 bridgehead atoms. The van der Waals surface area contributed by atoms with Gasteiger partial charge in [-0.05, 0) is 31.0 Å². The van der Waals surface area contributed by atoms with Gasteiger partial charge in [-0.15, -0.1) is 0 Å². The molecule has 0 radical (unpaired) electrons. The topological polar surface area (TPSA) is 97.0 Å². The van der Waals surface area contributed by atoms with Crippen LogP contribution in [0.3, 0.4) is 0 Å². The average Bonchev–Trinajstić information content (AvgIpc) is 2.67. The Hall–Kier alpha value is -2.87. The van der Waals surface area contributed by atoms with Crippen LogP contribution in [0.1, 0.15) is 45.2 Å². The van der Waals surface area contributed by atoms with Crippen molar-refractivity contribution in [3.05, 3.63) is 41.1 Å². The summed E-state index contributed by atoms with van der Waals surface area (Å²) in [5, 5.41) is 5.63. The maximum Gasteiger partial charge on any atom is 0.338 e. The lowest BCUT2D eigenvalue weighted by Crippen LogP contribution is -2.48. The van der Waals surface area contributed by atoms with Gasteiger partial charge in [0.1, 0.15) is 6.61 Å². The van der Waals surface area contributed by atoms with Crippen molar-refractivity contribution in [2.45, 2.75) is 39.7 Å². The predicted molar refractivity (Wildman–Crippen MR) is 109 cm³/mol. The van der Waals surface area contributed by atoms with Crippen molar-refractivity contribution >= 4 is 23.6 Å². The number of unbranched alkanes of at least 4 members (excludes halogenated alkanes) is 1. The van der Waals surface area contributed by atoms with Gasteiger partial charge in [0.05, 0.1) is 18.2 Å². The predicted octanol–water partition coefficient (Wildman–Crippen LogP) is 2.98. The quantitative estimate of drug-likeness (QED) is 0.488. The molecule has 1 aliphatic rings. The van der Waals surface area contributed by atoms with Crippen molar-refractivity contribution in [1.29, 1.82) is 0 Å². The Morgan fingerprint density at radius 3 is 2.69 bits per heavy atom. The van der Waals surface area contributed by atoms with E-state index in [-0.39, 0.29) is 25.2 Å². The Morgan fingerprint density at radius 2 is 2.03 bits per heavy atom. The van der Waals surface area contributed by atoms with Crippen LogP contribution in [0.4, 0.5) is 10.5 Å². The molecule has 0 fully saturated rings. The second-order valence-corrected chi connectivity index (χ2v) is 6.82. The molecule has 1 atom stereocenters. The molecule has 0 saturated heterocycles. The summed E-state index contributed by atoms with van der Waals surface area (Å²) < 4.78 is 10.3. The van der Waals surface area contributed by atoms with Crippen molar-refractivity contribution in [2.24, 2.45) is 0 Å². The van der Waals surface area contributed by atoms with Crippen molar-refractivity contribution in [2.75, 3.05) is 32.2 Å². The highest BCUT2D eigenvalue weighted by atomic mass is 16.6. The SMILES string of the molecule is CCCCN1C(=O)NC(c2cccc(NC(C)=O)c2)C(C(=O)OCCOC)=C1C. The second-order valence-electron chi connectivity index (χ2n) is 6.82. The van der Waals surface area contributed by atoms with Gasteiger partial charge < -0.3 is 20.1 Å². The Balaban J connectivity index is 2.42. The first-order chi connectivity index (χ1) is 13.9. The third-order valence-electron chi connectivity index (χ3n) is 4.61. The van der Waals surface area contributed by atoms with E-state index >= 15 is 0 Å². The maximum atomic E-state index is 12.9. The minimum Gasteiger partial charge on any atom is -0.460 e. The van der Waals surface area contributed by atoms with Crippen LogP contribution in [0.25, 0.3) is 0 Å². The van der Waals surface area contributed by atoms with E-state index in [1.54, 1.807) is 36.1 Å². The van der Waals surface area contributed by atoms with E-state index in [4.69, 9.17) is 9.47 Å². The third-order valence-corrected chi connectivity index (χ3v) is 4.61. The van der Waals surface area contributed by atoms with Gasteiger partial charge in [-0.2, -0.15) is 0 Å². The molecule has 1 heterocycles. The molecular formula is C21H29N3O5. The zero-order valence-electron chi connectivity index (χ0n) is 17.4. The molecule has 1 aromatic rings. The normalized spacial score (nSPS) is 16.5. The summed E-state index contributed by atoms with van der Waals surface area (Å²) in [5.41, 5.74) is 2.21. The summed E-state index contributed by atoms with van der Waals surface area (Å²) in [7, 11) is 1.53. The van der Waals surface area contributed by atoms with E-state index in [1.807, 2.05) is 6.92 Å². The number of esters is 1. The molecule has 3 amide bonds. The minimum atomic E-state index is -0.677. The van der Waals surface area contributed by atoms with Crippen LogP contribution in [-0.2, 0) is 19.1 Å². The largest absolute Gasteiger partial charge is 0.460 e. The lowest BCUT2D eigenvalue weighted by molar-refractivity contribution is -0.141. The second kappa shape index (κ2) is 10.6. The van der Waals surface area contributed by atoms with E-state index < -0.39 is 12.0 Å². The fourth-order valence-electron chi connectivity index (χ4n) is 3.18. The Morgan fingerprint density at radius 1 is 1.28 bits per heavy atom. The van der Waals surface area contributed by atoms with Crippen molar-refractivity contribution in [3.8, 4) is 0 Å². The summed E-state index contributed by atoms with van der Waals surface area (Å²) in [5.74, 6) is -0.706. The number of hydrogen-bond donors (Lipinski definition) is 2. The number of methoxy groups -OCH3 is 1. The molecule has 2 rings (SSSR count). The van der Waals surface area contributed by atoms with Crippen LogP contribution in [0.5, 0.6) is 0 Å². The van der Waals surface area contributed by atoms with Crippen LogP contribution in [-0.4, -0.2) is 49.7 Å². The zero-order chi connectivity index (χ0) is 21.4. The van der Waals surface area contributed by atoms with Crippen LogP contribution < -0.4 is 10.6 Å². The van der Waals surface area contributed by atoms with Gasteiger partial charge in [-0.3, -0.25) is 9.69 Å². The lowest BCUT2D eigenvalue weighted by Gasteiger charge is -2.35. The zero-order valence-corrected chi connectivity index (χ0v) is 17.4. The van der Waals surface area contributed by atoms with Gasteiger partial charge in [0.15, 0.2) is 0 Å². The van der Waals surface area contributed by atoms with Gasteiger partial charge >= 0.3 is 12.0 Å². The lowest BCUT2D eigenvalue weighted by atomic mass is 9.94. The molecule has 1 unspecified atom stereocenters. The average molecular weight is 403 g/mol. The number of allylic oxidation sites excluding steroid dienone is 1. The number of nitrogens with zero attached hydrogens (tertiary/aromatic N) is 1. The molecule has 1 aromatic carbocycles. The van der Waals surface area contributed by atoms with E-state index in [0.717, 1.165) is 12.8 Å². The number of anilines is 1. The first-order valence-electron chi connectivity index (χ1n) is 9.71. The highest BCUT2D eigenvalue weighted by Gasteiger charge is 2.36. The molecule has 0 spiro atoms. The summed E-state index contributed by atoms with van der Waals surface area (Å²) >= 11 is 0. The molecule has 0 aromatic heterocycles. The fourth-order valence-corrected chi connectivity index (χ4v) is 3.18. The fraction of sp³-hybridized carbons (Fsp3) is 0.476. The molecule has 8 heteroatoms. The van der Waals surface area contributed by atoms with Gasteiger partial charge in [0, 0.05) is 32.0 Å². The van der Waals surface area contributed by atoms with Crippen molar-refractivity contribution in [1.82, 2.24) is 10.2 Å². The van der Waals surface area contributed by atoms with Gasteiger partial charge in [-0.1, -0.05) is 25.5 Å². The summed E-state index contributed by atoms with van der Waals surface area (Å²) in [6, 6.07) is 6.11. The van der Waals surface area contributed by atoms with Crippen LogP contribution in [0.15, 0.2) is 35.5 Å². The minimum absolute atomic E-state index is 0.119. The Labute approximate surface area is 171 Å². The highest BCUT2D eigenvalue weighted by Crippen LogP contribution is 2.32. The molecule has 0 aliphatic carbocycles. The van der Waals surface area contributed by atoms with Crippen LogP contribution in [0, 0.1) is 0 Å². The summed E-state index contributed by atoms with van der Waals surface area (Å²) in [6.07, 6.45) is 1.74. The van der Waals surface area contributed by atoms with E-state index in [1.165, 1.54) is 14.0 Å². The number of rotatable bonds is 9. The highest BCUT2D eigenvalue weighted by molar-refractivity contribution is 5.95. The van der Waals surface area contributed by atoms with Crippen LogP contribution in [0.2, 0.25) is 0 Å². The molecular weight excluding hydrogens is 374 g/mol. The number of ether oxygens (including phenoxy) is 2. The van der Waals surface area contributed by atoms with Gasteiger partial charge in [0.2, 0.25) is 5.91 Å². The van der Waals surface area contributed by atoms with Gasteiger partial charge in [0.25, 0.3) is 0 Å². The Bertz CT molecular complexity index is 790. The maximum absolute atomic E-state index is 12.9. The van der Waals surface area contributed by atoms with E-state index in [9.17, 15) is 14.4 Å².